The van der Waals surface area contributed by atoms with E-state index in [1.54, 1.807) is 18.2 Å². The van der Waals surface area contributed by atoms with E-state index in [2.05, 4.69) is 11.4 Å². The Bertz CT molecular complexity index is 594. The summed E-state index contributed by atoms with van der Waals surface area (Å²) in [5.41, 5.74) is -0.706. The summed E-state index contributed by atoms with van der Waals surface area (Å²) in [6, 6.07) is 7.48. The van der Waals surface area contributed by atoms with Crippen LogP contribution < -0.4 is 5.32 Å². The van der Waals surface area contributed by atoms with Gasteiger partial charge in [0.2, 0.25) is 5.91 Å². The van der Waals surface area contributed by atoms with Crippen LogP contribution in [0.5, 0.6) is 0 Å². The average molecular weight is 357 g/mol. The van der Waals surface area contributed by atoms with Crippen LogP contribution in [-0.2, 0) is 4.79 Å². The number of nitrogens with zero attached hydrogens (tertiary/aromatic N) is 1. The molecule has 22 heavy (non-hydrogen) atoms. The summed E-state index contributed by atoms with van der Waals surface area (Å²) in [6.07, 6.45) is 4.54. The van der Waals surface area contributed by atoms with Crippen molar-refractivity contribution >= 4 is 40.9 Å². The molecule has 2 rings (SSSR count). The van der Waals surface area contributed by atoms with Crippen molar-refractivity contribution in [3.63, 3.8) is 0 Å². The van der Waals surface area contributed by atoms with Gasteiger partial charge in [0.1, 0.15) is 5.54 Å². The van der Waals surface area contributed by atoms with Gasteiger partial charge in [0.05, 0.1) is 16.3 Å². The van der Waals surface area contributed by atoms with E-state index >= 15 is 0 Å². The molecule has 1 unspecified atom stereocenters. The van der Waals surface area contributed by atoms with Gasteiger partial charge in [-0.25, -0.2) is 0 Å². The minimum Gasteiger partial charge on any atom is -0.337 e. The van der Waals surface area contributed by atoms with E-state index in [0.717, 1.165) is 37.0 Å². The lowest BCUT2D eigenvalue weighted by Gasteiger charge is -2.32. The minimum absolute atomic E-state index is 0.135. The number of nitrogens with one attached hydrogen (secondary N) is 1. The van der Waals surface area contributed by atoms with E-state index in [1.165, 1.54) is 11.8 Å². The Morgan fingerprint density at radius 3 is 2.68 bits per heavy atom. The van der Waals surface area contributed by atoms with Crippen molar-refractivity contribution in [2.75, 3.05) is 0 Å². The monoisotopic (exact) mass is 356 g/mol. The van der Waals surface area contributed by atoms with Crippen molar-refractivity contribution in [1.82, 2.24) is 5.32 Å². The molecule has 1 N–H and O–H groups in total. The molecule has 118 valence electrons. The zero-order chi connectivity index (χ0) is 16.2. The number of hydrogen-bond acceptors (Lipinski definition) is 3. The van der Waals surface area contributed by atoms with Gasteiger partial charge in [-0.1, -0.05) is 42.5 Å². The molecule has 0 aliphatic heterocycles. The molecule has 0 bridgehead atoms. The molecule has 0 saturated heterocycles. The van der Waals surface area contributed by atoms with E-state index in [1.807, 2.05) is 6.92 Å². The number of thioether (sulfide) groups is 1. The van der Waals surface area contributed by atoms with Crippen LogP contribution in [-0.4, -0.2) is 16.7 Å². The number of halogens is 2. The molecule has 1 fully saturated rings. The first-order valence-electron chi connectivity index (χ1n) is 7.31. The number of carbonyl (C=O) groups excluding carboxylic acids is 1. The third-order valence-electron chi connectivity index (χ3n) is 3.85. The highest BCUT2D eigenvalue weighted by Crippen LogP contribution is 2.33. The van der Waals surface area contributed by atoms with Gasteiger partial charge < -0.3 is 5.32 Å². The molecule has 1 aliphatic rings. The van der Waals surface area contributed by atoms with Crippen molar-refractivity contribution in [2.45, 2.75) is 54.7 Å². The van der Waals surface area contributed by atoms with Crippen molar-refractivity contribution in [3.8, 4) is 6.07 Å². The number of rotatable bonds is 4. The lowest BCUT2D eigenvalue weighted by Crippen LogP contribution is -2.50. The average Bonchev–Trinajstić information content (AvgIpc) is 2.51. The van der Waals surface area contributed by atoms with Gasteiger partial charge in [0, 0.05) is 9.92 Å². The van der Waals surface area contributed by atoms with E-state index < -0.39 is 5.54 Å². The normalized spacial score (nSPS) is 18.3. The fourth-order valence-corrected chi connectivity index (χ4v) is 3.98. The molecule has 0 aromatic heterocycles. The zero-order valence-electron chi connectivity index (χ0n) is 12.4. The lowest BCUT2D eigenvalue weighted by atomic mass is 9.83. The van der Waals surface area contributed by atoms with Crippen LogP contribution in [0.4, 0.5) is 0 Å². The van der Waals surface area contributed by atoms with Crippen LogP contribution in [0.1, 0.15) is 39.0 Å². The minimum atomic E-state index is -0.706. The Hall–Kier alpha value is -0.890. The summed E-state index contributed by atoms with van der Waals surface area (Å²) in [5.74, 6) is -0.135. The Morgan fingerprint density at radius 1 is 1.36 bits per heavy atom. The summed E-state index contributed by atoms with van der Waals surface area (Å²) >= 11 is 13.4. The molecule has 3 nitrogen and oxygen atoms in total. The molecular weight excluding hydrogens is 339 g/mol. The van der Waals surface area contributed by atoms with Crippen molar-refractivity contribution in [3.05, 3.63) is 28.2 Å². The summed E-state index contributed by atoms with van der Waals surface area (Å²) in [6.45, 7) is 1.81. The first-order valence-corrected chi connectivity index (χ1v) is 8.94. The first-order chi connectivity index (χ1) is 10.5. The van der Waals surface area contributed by atoms with Crippen molar-refractivity contribution in [2.24, 2.45) is 0 Å². The van der Waals surface area contributed by atoms with Gasteiger partial charge in [0.15, 0.2) is 0 Å². The maximum Gasteiger partial charge on any atom is 0.234 e. The van der Waals surface area contributed by atoms with E-state index in [0.29, 0.717) is 10.0 Å². The maximum atomic E-state index is 12.4. The standard InChI is InChI=1S/C16H18Cl2N2OS/c1-11(22-14-9-12(17)5-6-13(14)18)15(21)20-16(10-19)7-3-2-4-8-16/h5-6,9,11H,2-4,7-8H2,1H3,(H,20,21). The van der Waals surface area contributed by atoms with Gasteiger partial charge >= 0.3 is 0 Å². The number of benzene rings is 1. The van der Waals surface area contributed by atoms with Crippen LogP contribution >= 0.6 is 35.0 Å². The topological polar surface area (TPSA) is 52.9 Å². The van der Waals surface area contributed by atoms with E-state index in [-0.39, 0.29) is 11.2 Å². The van der Waals surface area contributed by atoms with Crippen molar-refractivity contribution in [1.29, 1.82) is 5.26 Å². The number of amides is 1. The molecule has 0 spiro atoms. The first kappa shape index (κ1) is 17.5. The number of carbonyl (C=O) groups is 1. The predicted octanol–water partition coefficient (Wildman–Crippen LogP) is 4.82. The smallest absolute Gasteiger partial charge is 0.234 e. The van der Waals surface area contributed by atoms with Crippen LogP contribution in [0.2, 0.25) is 10.0 Å². The Labute approximate surface area is 145 Å². The highest BCUT2D eigenvalue weighted by atomic mass is 35.5. The highest BCUT2D eigenvalue weighted by molar-refractivity contribution is 8.00. The number of hydrogen-bond donors (Lipinski definition) is 1. The second-order valence-corrected chi connectivity index (χ2v) is 7.80. The van der Waals surface area contributed by atoms with Gasteiger partial charge in [-0.15, -0.1) is 11.8 Å². The van der Waals surface area contributed by atoms with Crippen LogP contribution in [0.15, 0.2) is 23.1 Å². The largest absolute Gasteiger partial charge is 0.337 e. The molecular formula is C16H18Cl2N2OS. The predicted molar refractivity (Wildman–Crippen MR) is 91.4 cm³/mol. The molecule has 1 aromatic carbocycles. The molecule has 1 aliphatic carbocycles. The maximum absolute atomic E-state index is 12.4. The Morgan fingerprint density at radius 2 is 2.05 bits per heavy atom. The Kier molecular flexibility index (Phi) is 6.02. The van der Waals surface area contributed by atoms with Crippen LogP contribution in [0.3, 0.4) is 0 Å². The molecule has 1 amide bonds. The highest BCUT2D eigenvalue weighted by Gasteiger charge is 2.34. The fraction of sp³-hybridized carbons (Fsp3) is 0.500. The van der Waals surface area contributed by atoms with E-state index in [9.17, 15) is 10.1 Å². The second kappa shape index (κ2) is 7.59. The fourth-order valence-electron chi connectivity index (χ4n) is 2.57. The molecule has 1 saturated carbocycles. The summed E-state index contributed by atoms with van der Waals surface area (Å²) in [7, 11) is 0. The molecule has 1 atom stereocenters. The van der Waals surface area contributed by atoms with E-state index in [4.69, 9.17) is 23.2 Å². The summed E-state index contributed by atoms with van der Waals surface area (Å²) in [4.78, 5) is 13.2. The Balaban J connectivity index is 2.03. The quantitative estimate of drug-likeness (QED) is 0.787. The summed E-state index contributed by atoms with van der Waals surface area (Å²) in [5, 5.41) is 13.2. The van der Waals surface area contributed by atoms with Gasteiger partial charge in [-0.2, -0.15) is 5.26 Å². The molecule has 1 aromatic rings. The summed E-state index contributed by atoms with van der Waals surface area (Å²) < 4.78 is 0. The second-order valence-electron chi connectivity index (χ2n) is 5.58. The molecule has 6 heteroatoms. The molecule has 0 heterocycles. The lowest BCUT2D eigenvalue weighted by molar-refractivity contribution is -0.121. The zero-order valence-corrected chi connectivity index (χ0v) is 14.7. The number of nitriles is 1. The van der Waals surface area contributed by atoms with Crippen LogP contribution in [0.25, 0.3) is 0 Å². The van der Waals surface area contributed by atoms with Crippen molar-refractivity contribution < 1.29 is 4.79 Å². The third kappa shape index (κ3) is 4.32. The SMILES string of the molecule is CC(Sc1cc(Cl)ccc1Cl)C(=O)NC1(C#N)CCCCC1. The van der Waals surface area contributed by atoms with Gasteiger partial charge in [-0.3, -0.25) is 4.79 Å². The third-order valence-corrected chi connectivity index (χ3v) is 5.69. The molecule has 0 radical (unpaired) electrons. The van der Waals surface area contributed by atoms with Crippen LogP contribution in [0, 0.1) is 11.3 Å². The van der Waals surface area contributed by atoms with Gasteiger partial charge in [-0.05, 0) is 38.0 Å². The van der Waals surface area contributed by atoms with Gasteiger partial charge in [0.25, 0.3) is 0 Å².